The lowest BCUT2D eigenvalue weighted by Crippen LogP contribution is -2.31. The lowest BCUT2D eigenvalue weighted by atomic mass is 10.2. The van der Waals surface area contributed by atoms with Gasteiger partial charge in [-0.1, -0.05) is 0 Å². The molecule has 17 heavy (non-hydrogen) atoms. The third-order valence-electron chi connectivity index (χ3n) is 2.05. The van der Waals surface area contributed by atoms with Gasteiger partial charge in [0.15, 0.2) is 6.10 Å². The number of rotatable bonds is 3. The first-order valence-electron chi connectivity index (χ1n) is 4.76. The van der Waals surface area contributed by atoms with Crippen molar-refractivity contribution in [2.45, 2.75) is 19.2 Å². The molecule has 0 aromatic heterocycles. The van der Waals surface area contributed by atoms with Gasteiger partial charge in [0, 0.05) is 0 Å². The van der Waals surface area contributed by atoms with E-state index in [0.717, 1.165) is 6.92 Å². The molecular weight excluding hydrogens is 237 g/mol. The van der Waals surface area contributed by atoms with E-state index in [9.17, 15) is 18.0 Å². The van der Waals surface area contributed by atoms with Crippen LogP contribution in [0.4, 0.5) is 13.2 Å². The smallest absolute Gasteiger partial charge is 0.425 e. The molecule has 0 radical (unpaired) electrons. The lowest BCUT2D eigenvalue weighted by molar-refractivity contribution is -0.189. The molecule has 0 bridgehead atoms. The Morgan fingerprint density at radius 1 is 1.24 bits per heavy atom. The molecule has 1 rings (SSSR count). The fraction of sp³-hybridized carbons (Fsp3) is 0.364. The van der Waals surface area contributed by atoms with Crippen LogP contribution in [0, 0.1) is 0 Å². The van der Waals surface area contributed by atoms with E-state index in [1.54, 1.807) is 0 Å². The number of carbonyl (C=O) groups is 1. The maximum atomic E-state index is 12.2. The third kappa shape index (κ3) is 3.65. The van der Waals surface area contributed by atoms with E-state index >= 15 is 0 Å². The van der Waals surface area contributed by atoms with Gasteiger partial charge in [0.1, 0.15) is 5.75 Å². The Bertz CT molecular complexity index is 384. The second-order valence-corrected chi connectivity index (χ2v) is 3.32. The van der Waals surface area contributed by atoms with Crippen molar-refractivity contribution in [3.8, 4) is 5.75 Å². The summed E-state index contributed by atoms with van der Waals surface area (Å²) in [6.07, 6.45) is -6.31. The van der Waals surface area contributed by atoms with Gasteiger partial charge in [0.2, 0.25) is 0 Å². The summed E-state index contributed by atoms with van der Waals surface area (Å²) in [5, 5.41) is 0. The van der Waals surface area contributed by atoms with Crippen LogP contribution in [0.5, 0.6) is 5.75 Å². The molecule has 0 saturated heterocycles. The molecule has 1 aromatic rings. The molecule has 94 valence electrons. The number of ether oxygens (including phenoxy) is 2. The van der Waals surface area contributed by atoms with Gasteiger partial charge in [-0.05, 0) is 31.2 Å². The molecule has 0 saturated carbocycles. The molecule has 0 aliphatic heterocycles. The number of alkyl halides is 3. The van der Waals surface area contributed by atoms with Crippen molar-refractivity contribution in [3.63, 3.8) is 0 Å². The number of hydrogen-bond donors (Lipinski definition) is 0. The monoisotopic (exact) mass is 248 g/mol. The van der Waals surface area contributed by atoms with Crippen LogP contribution in [0.15, 0.2) is 24.3 Å². The number of hydrogen-bond acceptors (Lipinski definition) is 3. The first-order valence-corrected chi connectivity index (χ1v) is 4.76. The molecule has 6 heteroatoms. The minimum Gasteiger partial charge on any atom is -0.481 e. The Morgan fingerprint density at radius 2 is 1.76 bits per heavy atom. The van der Waals surface area contributed by atoms with Crippen LogP contribution in [0.2, 0.25) is 0 Å². The van der Waals surface area contributed by atoms with Crippen LogP contribution in [0.1, 0.15) is 17.3 Å². The summed E-state index contributed by atoms with van der Waals surface area (Å²) < 4.78 is 45.7. The van der Waals surface area contributed by atoms with E-state index in [4.69, 9.17) is 0 Å². The van der Waals surface area contributed by atoms with Crippen LogP contribution in [-0.2, 0) is 4.74 Å². The van der Waals surface area contributed by atoms with Gasteiger partial charge in [-0.15, -0.1) is 0 Å². The quantitative estimate of drug-likeness (QED) is 0.771. The topological polar surface area (TPSA) is 35.5 Å². The molecule has 0 fully saturated rings. The van der Waals surface area contributed by atoms with Crippen molar-refractivity contribution in [2.24, 2.45) is 0 Å². The first kappa shape index (κ1) is 13.3. The molecule has 3 nitrogen and oxygen atoms in total. The summed E-state index contributed by atoms with van der Waals surface area (Å²) in [6.45, 7) is 0.911. The molecule has 0 aliphatic rings. The van der Waals surface area contributed by atoms with Crippen LogP contribution < -0.4 is 4.74 Å². The molecular formula is C11H11F3O3. The van der Waals surface area contributed by atoms with Crippen molar-refractivity contribution >= 4 is 5.97 Å². The van der Waals surface area contributed by atoms with Gasteiger partial charge >= 0.3 is 12.1 Å². The number of methoxy groups -OCH3 is 1. The van der Waals surface area contributed by atoms with Crippen molar-refractivity contribution in [1.82, 2.24) is 0 Å². The van der Waals surface area contributed by atoms with Crippen molar-refractivity contribution < 1.29 is 27.4 Å². The van der Waals surface area contributed by atoms with Crippen molar-refractivity contribution in [2.75, 3.05) is 7.11 Å². The maximum absolute atomic E-state index is 12.2. The van der Waals surface area contributed by atoms with E-state index in [1.165, 1.54) is 31.4 Å². The SMILES string of the molecule is COC(=O)c1ccc(OC(C)C(F)(F)F)cc1. The number of halogens is 3. The largest absolute Gasteiger partial charge is 0.481 e. The van der Waals surface area contributed by atoms with Crippen LogP contribution in [0.3, 0.4) is 0 Å². The highest BCUT2D eigenvalue weighted by Gasteiger charge is 2.37. The molecule has 0 amide bonds. The highest BCUT2D eigenvalue weighted by Crippen LogP contribution is 2.25. The lowest BCUT2D eigenvalue weighted by Gasteiger charge is -2.17. The number of esters is 1. The van der Waals surface area contributed by atoms with E-state index in [1.807, 2.05) is 0 Å². The molecule has 1 unspecified atom stereocenters. The molecule has 1 aromatic carbocycles. The second kappa shape index (κ2) is 5.07. The Hall–Kier alpha value is -1.72. The minimum atomic E-state index is -4.42. The molecule has 0 aliphatic carbocycles. The fourth-order valence-corrected chi connectivity index (χ4v) is 1.06. The summed E-state index contributed by atoms with van der Waals surface area (Å²) in [7, 11) is 1.22. The van der Waals surface area contributed by atoms with Crippen molar-refractivity contribution in [3.05, 3.63) is 29.8 Å². The summed E-state index contributed by atoms with van der Waals surface area (Å²) in [6, 6.07) is 5.25. The van der Waals surface area contributed by atoms with Gasteiger partial charge in [0.25, 0.3) is 0 Å². The summed E-state index contributed by atoms with van der Waals surface area (Å²) in [5.41, 5.74) is 0.250. The normalized spacial score (nSPS) is 13.0. The Balaban J connectivity index is 2.72. The van der Waals surface area contributed by atoms with Gasteiger partial charge in [0.05, 0.1) is 12.7 Å². The summed E-state index contributed by atoms with van der Waals surface area (Å²) in [5.74, 6) is -0.511. The Labute approximate surface area is 96.1 Å². The van der Waals surface area contributed by atoms with E-state index in [0.29, 0.717) is 0 Å². The van der Waals surface area contributed by atoms with Gasteiger partial charge in [-0.3, -0.25) is 0 Å². The van der Waals surface area contributed by atoms with Crippen LogP contribution in [-0.4, -0.2) is 25.4 Å². The van der Waals surface area contributed by atoms with E-state index in [-0.39, 0.29) is 11.3 Å². The highest BCUT2D eigenvalue weighted by molar-refractivity contribution is 5.89. The highest BCUT2D eigenvalue weighted by atomic mass is 19.4. The number of carbonyl (C=O) groups excluding carboxylic acids is 1. The second-order valence-electron chi connectivity index (χ2n) is 3.32. The minimum absolute atomic E-state index is 0.0440. The maximum Gasteiger partial charge on any atom is 0.425 e. The Morgan fingerprint density at radius 3 is 2.18 bits per heavy atom. The van der Waals surface area contributed by atoms with Crippen molar-refractivity contribution in [1.29, 1.82) is 0 Å². The van der Waals surface area contributed by atoms with E-state index < -0.39 is 18.2 Å². The average Bonchev–Trinajstić information content (AvgIpc) is 2.27. The zero-order valence-corrected chi connectivity index (χ0v) is 9.25. The first-order chi connectivity index (χ1) is 7.84. The molecule has 1 atom stereocenters. The van der Waals surface area contributed by atoms with Crippen LogP contribution in [0.25, 0.3) is 0 Å². The molecule has 0 spiro atoms. The van der Waals surface area contributed by atoms with Gasteiger partial charge in [-0.2, -0.15) is 13.2 Å². The summed E-state index contributed by atoms with van der Waals surface area (Å²) in [4.78, 5) is 11.1. The summed E-state index contributed by atoms with van der Waals surface area (Å²) >= 11 is 0. The zero-order chi connectivity index (χ0) is 13.1. The molecule has 0 heterocycles. The predicted octanol–water partition coefficient (Wildman–Crippen LogP) is 2.80. The molecule has 0 N–H and O–H groups in total. The van der Waals surface area contributed by atoms with E-state index in [2.05, 4.69) is 9.47 Å². The average molecular weight is 248 g/mol. The van der Waals surface area contributed by atoms with Gasteiger partial charge in [-0.25, -0.2) is 4.79 Å². The predicted molar refractivity (Wildman–Crippen MR) is 53.9 cm³/mol. The fourth-order valence-electron chi connectivity index (χ4n) is 1.06. The number of benzene rings is 1. The zero-order valence-electron chi connectivity index (χ0n) is 9.25. The van der Waals surface area contributed by atoms with Gasteiger partial charge < -0.3 is 9.47 Å². The van der Waals surface area contributed by atoms with Crippen LogP contribution >= 0.6 is 0 Å². The Kier molecular flexibility index (Phi) is 3.98. The third-order valence-corrected chi connectivity index (χ3v) is 2.05. The standard InChI is InChI=1S/C11H11F3O3/c1-7(11(12,13)14)17-9-5-3-8(4-6-9)10(15)16-2/h3-7H,1-2H3.